The fraction of sp³-hybridized carbons (Fsp3) is 0.667. The Bertz CT molecular complexity index is 543. The molecule has 1 aliphatic heterocycles. The molecule has 1 fully saturated rings. The molecule has 2 N–H and O–H groups in total. The Morgan fingerprint density at radius 3 is 2.75 bits per heavy atom. The molecular weight excluding hydrogens is 465 g/mol. The standard InChI is InChI=1S/C21H37N5O.HI/c1-4-22-21(23-12-15-25(2)13-8-16-27-3)24-17-19-11-14-26(18-19)20-9-6-5-7-10-20;/h5-7,9-10,19H,4,8,11-18H2,1-3H3,(H2,22,23,24);1H. The molecule has 0 bridgehead atoms. The molecule has 0 aliphatic carbocycles. The number of likely N-dealkylation sites (N-methyl/N-ethyl adjacent to an activating group) is 1. The van der Waals surface area contributed by atoms with Crippen LogP contribution in [0, 0.1) is 5.92 Å². The number of guanidine groups is 1. The number of nitrogens with one attached hydrogen (secondary N) is 2. The van der Waals surface area contributed by atoms with Gasteiger partial charge in [-0.15, -0.1) is 24.0 Å². The summed E-state index contributed by atoms with van der Waals surface area (Å²) in [5.74, 6) is 1.55. The number of aliphatic imine (C=N–C) groups is 1. The lowest BCUT2D eigenvalue weighted by Crippen LogP contribution is -2.41. The molecule has 1 aromatic rings. The predicted molar refractivity (Wildman–Crippen MR) is 130 cm³/mol. The van der Waals surface area contributed by atoms with Crippen molar-refractivity contribution in [3.05, 3.63) is 30.3 Å². The Morgan fingerprint density at radius 1 is 1.25 bits per heavy atom. The smallest absolute Gasteiger partial charge is 0.191 e. The van der Waals surface area contributed by atoms with Gasteiger partial charge in [0.25, 0.3) is 0 Å². The topological polar surface area (TPSA) is 52.1 Å². The van der Waals surface area contributed by atoms with Crippen molar-refractivity contribution in [2.75, 3.05) is 71.5 Å². The number of nitrogens with zero attached hydrogens (tertiary/aromatic N) is 3. The highest BCUT2D eigenvalue weighted by Gasteiger charge is 2.22. The zero-order chi connectivity index (χ0) is 19.3. The summed E-state index contributed by atoms with van der Waals surface area (Å²) in [6, 6.07) is 10.7. The van der Waals surface area contributed by atoms with Gasteiger partial charge < -0.3 is 25.2 Å². The number of rotatable bonds is 11. The van der Waals surface area contributed by atoms with Crippen LogP contribution >= 0.6 is 24.0 Å². The van der Waals surface area contributed by atoms with E-state index in [4.69, 9.17) is 9.73 Å². The molecule has 28 heavy (non-hydrogen) atoms. The number of benzene rings is 1. The maximum Gasteiger partial charge on any atom is 0.191 e. The van der Waals surface area contributed by atoms with E-state index < -0.39 is 0 Å². The van der Waals surface area contributed by atoms with E-state index in [9.17, 15) is 0 Å². The number of halogens is 1. The lowest BCUT2D eigenvalue weighted by Gasteiger charge is -2.19. The third-order valence-corrected chi connectivity index (χ3v) is 4.93. The Hall–Kier alpha value is -1.06. The highest BCUT2D eigenvalue weighted by Crippen LogP contribution is 2.23. The van der Waals surface area contributed by atoms with Crippen LogP contribution in [0.5, 0.6) is 0 Å². The number of methoxy groups -OCH3 is 1. The average Bonchev–Trinajstić information content (AvgIpc) is 3.16. The van der Waals surface area contributed by atoms with Gasteiger partial charge in [0.2, 0.25) is 0 Å². The minimum Gasteiger partial charge on any atom is -0.385 e. The Morgan fingerprint density at radius 2 is 2.04 bits per heavy atom. The van der Waals surface area contributed by atoms with Crippen molar-refractivity contribution in [3.63, 3.8) is 0 Å². The van der Waals surface area contributed by atoms with Crippen LogP contribution in [0.1, 0.15) is 19.8 Å². The minimum atomic E-state index is 0. The van der Waals surface area contributed by atoms with Crippen molar-refractivity contribution < 1.29 is 4.74 Å². The molecule has 1 atom stereocenters. The molecule has 2 rings (SSSR count). The van der Waals surface area contributed by atoms with E-state index in [-0.39, 0.29) is 24.0 Å². The van der Waals surface area contributed by atoms with Gasteiger partial charge in [-0.3, -0.25) is 4.99 Å². The Balaban J connectivity index is 0.00000392. The maximum atomic E-state index is 5.11. The average molecular weight is 503 g/mol. The second kappa shape index (κ2) is 14.9. The molecule has 0 amide bonds. The summed E-state index contributed by atoms with van der Waals surface area (Å²) in [6.07, 6.45) is 2.28. The molecular formula is C21H38IN5O. The maximum absolute atomic E-state index is 5.11. The van der Waals surface area contributed by atoms with Gasteiger partial charge in [0, 0.05) is 65.2 Å². The molecule has 0 spiro atoms. The second-order valence-corrected chi connectivity index (χ2v) is 7.23. The molecule has 0 saturated carbocycles. The van der Waals surface area contributed by atoms with Crippen molar-refractivity contribution in [3.8, 4) is 0 Å². The molecule has 1 heterocycles. The number of hydrogen-bond donors (Lipinski definition) is 2. The van der Waals surface area contributed by atoms with Crippen LogP contribution in [-0.4, -0.2) is 77.4 Å². The third-order valence-electron chi connectivity index (χ3n) is 4.93. The lowest BCUT2D eigenvalue weighted by molar-refractivity contribution is 0.180. The zero-order valence-corrected chi connectivity index (χ0v) is 20.0. The first-order valence-electron chi connectivity index (χ1n) is 10.2. The summed E-state index contributed by atoms with van der Waals surface area (Å²) >= 11 is 0. The van der Waals surface area contributed by atoms with Crippen molar-refractivity contribution in [1.29, 1.82) is 0 Å². The first kappa shape index (κ1) is 25.0. The third kappa shape index (κ3) is 9.43. The number of ether oxygens (including phenoxy) is 1. The highest BCUT2D eigenvalue weighted by atomic mass is 127. The monoisotopic (exact) mass is 503 g/mol. The molecule has 0 radical (unpaired) electrons. The molecule has 1 saturated heterocycles. The van der Waals surface area contributed by atoms with Crippen LogP contribution in [0.15, 0.2) is 35.3 Å². The first-order chi connectivity index (χ1) is 13.2. The molecule has 1 unspecified atom stereocenters. The first-order valence-corrected chi connectivity index (χ1v) is 10.2. The van der Waals surface area contributed by atoms with Gasteiger partial charge in [-0.2, -0.15) is 0 Å². The van der Waals surface area contributed by atoms with Crippen molar-refractivity contribution in [2.45, 2.75) is 19.8 Å². The van der Waals surface area contributed by atoms with E-state index in [1.165, 1.54) is 12.1 Å². The van der Waals surface area contributed by atoms with Crippen LogP contribution in [0.25, 0.3) is 0 Å². The van der Waals surface area contributed by atoms with Gasteiger partial charge in [0.15, 0.2) is 5.96 Å². The van der Waals surface area contributed by atoms with E-state index >= 15 is 0 Å². The summed E-state index contributed by atoms with van der Waals surface area (Å²) in [6.45, 7) is 9.87. The fourth-order valence-electron chi connectivity index (χ4n) is 3.37. The highest BCUT2D eigenvalue weighted by molar-refractivity contribution is 14.0. The molecule has 1 aromatic carbocycles. The zero-order valence-electron chi connectivity index (χ0n) is 17.7. The van der Waals surface area contributed by atoms with Gasteiger partial charge in [0.05, 0.1) is 0 Å². The Labute approximate surface area is 188 Å². The summed E-state index contributed by atoms with van der Waals surface area (Å²) in [4.78, 5) is 9.62. The van der Waals surface area contributed by atoms with E-state index in [1.54, 1.807) is 7.11 Å². The minimum absolute atomic E-state index is 0. The van der Waals surface area contributed by atoms with E-state index in [2.05, 4.69) is 64.7 Å². The lowest BCUT2D eigenvalue weighted by atomic mass is 10.1. The molecule has 7 heteroatoms. The van der Waals surface area contributed by atoms with E-state index in [0.717, 1.165) is 64.8 Å². The summed E-state index contributed by atoms with van der Waals surface area (Å²) < 4.78 is 5.11. The van der Waals surface area contributed by atoms with E-state index in [1.807, 2.05) is 0 Å². The number of hydrogen-bond acceptors (Lipinski definition) is 4. The van der Waals surface area contributed by atoms with Gasteiger partial charge in [-0.25, -0.2) is 0 Å². The van der Waals surface area contributed by atoms with Crippen LogP contribution in [0.3, 0.4) is 0 Å². The van der Waals surface area contributed by atoms with Crippen LogP contribution < -0.4 is 15.5 Å². The number of para-hydroxylation sites is 1. The van der Waals surface area contributed by atoms with Gasteiger partial charge >= 0.3 is 0 Å². The normalized spacial score (nSPS) is 16.9. The summed E-state index contributed by atoms with van der Waals surface area (Å²) in [5, 5.41) is 6.82. The summed E-state index contributed by atoms with van der Waals surface area (Å²) in [7, 11) is 3.90. The summed E-state index contributed by atoms with van der Waals surface area (Å²) in [5.41, 5.74) is 1.32. The largest absolute Gasteiger partial charge is 0.385 e. The SMILES string of the molecule is CCNC(=NCC1CCN(c2ccccc2)C1)NCCN(C)CCCOC.I. The molecule has 0 aromatic heterocycles. The van der Waals surface area contributed by atoms with Gasteiger partial charge in [-0.1, -0.05) is 18.2 Å². The van der Waals surface area contributed by atoms with Crippen molar-refractivity contribution in [1.82, 2.24) is 15.5 Å². The van der Waals surface area contributed by atoms with Crippen LogP contribution in [0.2, 0.25) is 0 Å². The second-order valence-electron chi connectivity index (χ2n) is 7.23. The van der Waals surface area contributed by atoms with Crippen LogP contribution in [-0.2, 0) is 4.74 Å². The molecule has 1 aliphatic rings. The fourth-order valence-corrected chi connectivity index (χ4v) is 3.37. The molecule has 6 nitrogen and oxygen atoms in total. The van der Waals surface area contributed by atoms with Gasteiger partial charge in [0.1, 0.15) is 0 Å². The quantitative estimate of drug-likeness (QED) is 0.211. The van der Waals surface area contributed by atoms with Gasteiger partial charge in [-0.05, 0) is 44.9 Å². The Kier molecular flexibility index (Phi) is 13.3. The predicted octanol–water partition coefficient (Wildman–Crippen LogP) is 2.65. The molecule has 160 valence electrons. The van der Waals surface area contributed by atoms with Crippen molar-refractivity contribution in [2.24, 2.45) is 10.9 Å². The van der Waals surface area contributed by atoms with E-state index in [0.29, 0.717) is 5.92 Å². The number of anilines is 1. The van der Waals surface area contributed by atoms with Crippen molar-refractivity contribution >= 4 is 35.6 Å². The van der Waals surface area contributed by atoms with Crippen LogP contribution in [0.4, 0.5) is 5.69 Å².